The van der Waals surface area contributed by atoms with E-state index in [0.29, 0.717) is 0 Å². The third-order valence-corrected chi connectivity index (χ3v) is 2.43. The lowest BCUT2D eigenvalue weighted by Gasteiger charge is -2.10. The molecule has 82 valence electrons. The van der Waals surface area contributed by atoms with Gasteiger partial charge in [-0.3, -0.25) is 0 Å². The number of benzene rings is 1. The van der Waals surface area contributed by atoms with Crippen molar-refractivity contribution in [2.24, 2.45) is 5.16 Å². The molecule has 1 atom stereocenters. The summed E-state index contributed by atoms with van der Waals surface area (Å²) in [5, 5.41) is 3.78. The lowest BCUT2D eigenvalue weighted by molar-refractivity contribution is 0.0676. The van der Waals surface area contributed by atoms with Gasteiger partial charge in [0.25, 0.3) is 0 Å². The summed E-state index contributed by atoms with van der Waals surface area (Å²) in [6.07, 6.45) is 3.90. The summed E-state index contributed by atoms with van der Waals surface area (Å²) in [6.45, 7) is 6.05. The summed E-state index contributed by atoms with van der Waals surface area (Å²) in [4.78, 5) is 5.22. The first-order chi connectivity index (χ1) is 7.24. The maximum atomic E-state index is 5.22. The second kappa shape index (κ2) is 6.23. The van der Waals surface area contributed by atoms with Crippen LogP contribution >= 0.6 is 0 Å². The Kier molecular flexibility index (Phi) is 4.88. The minimum Gasteiger partial charge on any atom is -0.393 e. The van der Waals surface area contributed by atoms with Gasteiger partial charge < -0.3 is 4.84 Å². The first-order valence-corrected chi connectivity index (χ1v) is 5.42. The zero-order valence-corrected chi connectivity index (χ0v) is 9.73. The average molecular weight is 205 g/mol. The van der Waals surface area contributed by atoms with Crippen molar-refractivity contribution < 1.29 is 4.84 Å². The van der Waals surface area contributed by atoms with E-state index in [1.165, 1.54) is 11.1 Å². The van der Waals surface area contributed by atoms with Gasteiger partial charge in [-0.1, -0.05) is 29.4 Å². The van der Waals surface area contributed by atoms with Crippen LogP contribution in [0.5, 0.6) is 0 Å². The number of rotatable bonds is 5. The van der Waals surface area contributed by atoms with E-state index >= 15 is 0 Å². The van der Waals surface area contributed by atoms with Crippen LogP contribution in [0.3, 0.4) is 0 Å². The van der Waals surface area contributed by atoms with Gasteiger partial charge in [-0.2, -0.15) is 0 Å². The first kappa shape index (κ1) is 11.8. The van der Waals surface area contributed by atoms with Crippen LogP contribution in [-0.4, -0.2) is 12.3 Å². The van der Waals surface area contributed by atoms with Crippen LogP contribution in [0, 0.1) is 6.92 Å². The third kappa shape index (κ3) is 4.15. The molecule has 0 bridgehead atoms. The molecule has 0 aliphatic rings. The highest BCUT2D eigenvalue weighted by molar-refractivity contribution is 5.52. The van der Waals surface area contributed by atoms with E-state index in [2.05, 4.69) is 36.3 Å². The Balaban J connectivity index is 2.40. The van der Waals surface area contributed by atoms with Gasteiger partial charge in [0, 0.05) is 6.21 Å². The predicted octanol–water partition coefficient (Wildman–Crippen LogP) is 3.34. The molecule has 2 nitrogen and oxygen atoms in total. The van der Waals surface area contributed by atoms with E-state index in [1.807, 2.05) is 13.8 Å². The molecule has 2 heteroatoms. The number of hydrogen-bond acceptors (Lipinski definition) is 2. The van der Waals surface area contributed by atoms with E-state index in [-0.39, 0.29) is 6.10 Å². The molecule has 0 spiro atoms. The standard InChI is InChI=1S/C13H19NO/c1-4-14-15-12(3)9-10-13-8-6-5-7-11(13)2/h4-8,12H,9-10H2,1-3H3/b14-4+. The lowest BCUT2D eigenvalue weighted by atomic mass is 10.0. The molecule has 0 aliphatic carbocycles. The second-order valence-electron chi connectivity index (χ2n) is 3.74. The molecular formula is C13H19NO. The minimum atomic E-state index is 0.181. The summed E-state index contributed by atoms with van der Waals surface area (Å²) in [5.41, 5.74) is 2.75. The summed E-state index contributed by atoms with van der Waals surface area (Å²) in [5.74, 6) is 0. The molecule has 1 aromatic rings. The van der Waals surface area contributed by atoms with Crippen LogP contribution in [0.2, 0.25) is 0 Å². The normalized spacial score (nSPS) is 13.0. The van der Waals surface area contributed by atoms with Crippen LogP contribution in [0.4, 0.5) is 0 Å². The van der Waals surface area contributed by atoms with E-state index in [1.54, 1.807) is 6.21 Å². The van der Waals surface area contributed by atoms with Gasteiger partial charge in [0.15, 0.2) is 0 Å². The number of aryl methyl sites for hydroxylation is 2. The Labute approximate surface area is 91.9 Å². The van der Waals surface area contributed by atoms with E-state index < -0.39 is 0 Å². The summed E-state index contributed by atoms with van der Waals surface area (Å²) in [6, 6.07) is 8.47. The van der Waals surface area contributed by atoms with Crippen LogP contribution < -0.4 is 0 Å². The third-order valence-electron chi connectivity index (χ3n) is 2.43. The molecule has 1 aromatic carbocycles. The maximum Gasteiger partial charge on any atom is 0.125 e. The highest BCUT2D eigenvalue weighted by atomic mass is 16.6. The van der Waals surface area contributed by atoms with Gasteiger partial charge in [-0.05, 0) is 44.7 Å². The van der Waals surface area contributed by atoms with Crippen molar-refractivity contribution >= 4 is 6.21 Å². The van der Waals surface area contributed by atoms with Gasteiger partial charge in [0.1, 0.15) is 6.10 Å². The van der Waals surface area contributed by atoms with E-state index in [9.17, 15) is 0 Å². The minimum absolute atomic E-state index is 0.181. The summed E-state index contributed by atoms with van der Waals surface area (Å²) < 4.78 is 0. The van der Waals surface area contributed by atoms with Gasteiger partial charge in [-0.15, -0.1) is 0 Å². The monoisotopic (exact) mass is 205 g/mol. The predicted molar refractivity (Wildman–Crippen MR) is 64.2 cm³/mol. The fourth-order valence-electron chi connectivity index (χ4n) is 1.47. The number of nitrogens with zero attached hydrogens (tertiary/aromatic N) is 1. The molecule has 15 heavy (non-hydrogen) atoms. The lowest BCUT2D eigenvalue weighted by Crippen LogP contribution is -2.06. The maximum absolute atomic E-state index is 5.22. The molecule has 0 fully saturated rings. The Bertz CT molecular complexity index is 320. The molecule has 0 saturated heterocycles. The molecular weight excluding hydrogens is 186 g/mol. The van der Waals surface area contributed by atoms with Gasteiger partial charge in [0.05, 0.1) is 0 Å². The van der Waals surface area contributed by atoms with E-state index in [4.69, 9.17) is 4.84 Å². The van der Waals surface area contributed by atoms with Crippen LogP contribution in [0.25, 0.3) is 0 Å². The summed E-state index contributed by atoms with van der Waals surface area (Å²) in [7, 11) is 0. The van der Waals surface area contributed by atoms with Crippen molar-refractivity contribution in [1.29, 1.82) is 0 Å². The molecule has 0 saturated carbocycles. The molecule has 1 rings (SSSR count). The first-order valence-electron chi connectivity index (χ1n) is 5.42. The van der Waals surface area contributed by atoms with Gasteiger partial charge >= 0.3 is 0 Å². The van der Waals surface area contributed by atoms with Crippen LogP contribution in [0.15, 0.2) is 29.4 Å². The van der Waals surface area contributed by atoms with Crippen LogP contribution in [0.1, 0.15) is 31.4 Å². The topological polar surface area (TPSA) is 21.6 Å². The zero-order chi connectivity index (χ0) is 11.1. The van der Waals surface area contributed by atoms with Crippen molar-refractivity contribution in [3.8, 4) is 0 Å². The highest BCUT2D eigenvalue weighted by Crippen LogP contribution is 2.11. The van der Waals surface area contributed by atoms with Gasteiger partial charge in [0.2, 0.25) is 0 Å². The number of hydrogen-bond donors (Lipinski definition) is 0. The van der Waals surface area contributed by atoms with Crippen LogP contribution in [-0.2, 0) is 11.3 Å². The Morgan fingerprint density at radius 1 is 1.40 bits per heavy atom. The van der Waals surface area contributed by atoms with E-state index in [0.717, 1.165) is 12.8 Å². The molecule has 0 N–H and O–H groups in total. The highest BCUT2D eigenvalue weighted by Gasteiger charge is 2.03. The molecule has 1 unspecified atom stereocenters. The second-order valence-corrected chi connectivity index (χ2v) is 3.74. The molecule has 0 aliphatic heterocycles. The fourth-order valence-corrected chi connectivity index (χ4v) is 1.47. The van der Waals surface area contributed by atoms with Gasteiger partial charge in [-0.25, -0.2) is 0 Å². The van der Waals surface area contributed by atoms with Crippen molar-refractivity contribution in [2.75, 3.05) is 0 Å². The molecule has 0 amide bonds. The Hall–Kier alpha value is -1.31. The molecule has 0 aromatic heterocycles. The van der Waals surface area contributed by atoms with Crippen molar-refractivity contribution in [3.63, 3.8) is 0 Å². The quantitative estimate of drug-likeness (QED) is 0.533. The smallest absolute Gasteiger partial charge is 0.125 e. The van der Waals surface area contributed by atoms with Crippen molar-refractivity contribution in [1.82, 2.24) is 0 Å². The number of oxime groups is 1. The summed E-state index contributed by atoms with van der Waals surface area (Å²) >= 11 is 0. The Morgan fingerprint density at radius 2 is 2.13 bits per heavy atom. The molecule has 0 radical (unpaired) electrons. The zero-order valence-electron chi connectivity index (χ0n) is 9.73. The van der Waals surface area contributed by atoms with Crippen molar-refractivity contribution in [2.45, 2.75) is 39.7 Å². The Morgan fingerprint density at radius 3 is 2.80 bits per heavy atom. The fraction of sp³-hybridized carbons (Fsp3) is 0.462. The SMILES string of the molecule is C/C=N/OC(C)CCc1ccccc1C. The largest absolute Gasteiger partial charge is 0.393 e. The molecule has 0 heterocycles. The van der Waals surface area contributed by atoms with Crippen molar-refractivity contribution in [3.05, 3.63) is 35.4 Å². The average Bonchev–Trinajstić information content (AvgIpc) is 2.25.